The van der Waals surface area contributed by atoms with Gasteiger partial charge in [0.25, 0.3) is 5.91 Å². The first-order valence-electron chi connectivity index (χ1n) is 12.1. The molecule has 4 heteroatoms. The molecule has 1 fully saturated rings. The van der Waals surface area contributed by atoms with Crippen LogP contribution in [0.1, 0.15) is 55.5 Å². The van der Waals surface area contributed by atoms with Gasteiger partial charge in [-0.2, -0.15) is 0 Å². The number of carbonyl (C=O) groups excluding carboxylic acids is 1. The van der Waals surface area contributed by atoms with Crippen molar-refractivity contribution in [2.75, 3.05) is 18.4 Å². The van der Waals surface area contributed by atoms with Crippen molar-refractivity contribution in [2.45, 2.75) is 45.1 Å². The normalized spacial score (nSPS) is 15.5. The first kappa shape index (κ1) is 22.4. The third-order valence-corrected chi connectivity index (χ3v) is 6.98. The molecular weight excluding hydrogens is 420 g/mol. The van der Waals surface area contributed by atoms with Gasteiger partial charge >= 0.3 is 0 Å². The average molecular weight is 453 g/mol. The van der Waals surface area contributed by atoms with E-state index < -0.39 is 0 Å². The van der Waals surface area contributed by atoms with Gasteiger partial charge in [0.15, 0.2) is 0 Å². The Morgan fingerprint density at radius 2 is 1.65 bits per heavy atom. The van der Waals surface area contributed by atoms with Crippen molar-refractivity contribution in [1.29, 1.82) is 0 Å². The molecule has 0 atom stereocenters. The molecule has 3 aromatic carbocycles. The first-order valence-corrected chi connectivity index (χ1v) is 12.1. The molecule has 1 aliphatic heterocycles. The highest BCUT2D eigenvalue weighted by atomic mass is 16.3. The largest absolute Gasteiger partial charge is 0.464 e. The Labute approximate surface area is 201 Å². The van der Waals surface area contributed by atoms with Crippen LogP contribution in [0.3, 0.4) is 0 Å². The Hall–Kier alpha value is -3.37. The Kier molecular flexibility index (Phi) is 6.01. The van der Waals surface area contributed by atoms with E-state index in [1.807, 2.05) is 60.9 Å². The van der Waals surface area contributed by atoms with Crippen LogP contribution in [0.5, 0.6) is 0 Å². The molecule has 1 saturated heterocycles. The van der Waals surface area contributed by atoms with Crippen molar-refractivity contribution >= 4 is 22.6 Å². The highest BCUT2D eigenvalue weighted by Gasteiger charge is 2.29. The fraction of sp³-hybridized carbons (Fsp3) is 0.300. The number of piperidine rings is 1. The number of fused-ring (bicyclic) bond motifs is 1. The van der Waals surface area contributed by atoms with Gasteiger partial charge in [-0.25, -0.2) is 0 Å². The number of nitrogens with zero attached hydrogens (tertiary/aromatic N) is 1. The number of hydrogen-bond donors (Lipinski definition) is 1. The van der Waals surface area contributed by atoms with Crippen molar-refractivity contribution in [3.8, 4) is 11.1 Å². The van der Waals surface area contributed by atoms with Crippen molar-refractivity contribution < 1.29 is 9.21 Å². The molecule has 5 rings (SSSR count). The number of likely N-dealkylation sites (tertiary alicyclic amines) is 1. The van der Waals surface area contributed by atoms with E-state index in [1.54, 1.807) is 0 Å². The lowest BCUT2D eigenvalue weighted by Gasteiger charge is -2.40. The van der Waals surface area contributed by atoms with Crippen molar-refractivity contribution in [1.82, 2.24) is 4.90 Å². The summed E-state index contributed by atoms with van der Waals surface area (Å²) in [5.41, 5.74) is 5.89. The van der Waals surface area contributed by atoms with Crippen LogP contribution in [0.15, 0.2) is 83.5 Å². The molecule has 0 spiro atoms. The van der Waals surface area contributed by atoms with Gasteiger partial charge in [0.2, 0.25) is 0 Å². The molecule has 1 amide bonds. The molecule has 2 heterocycles. The lowest BCUT2D eigenvalue weighted by Crippen LogP contribution is -2.45. The van der Waals surface area contributed by atoms with Crippen LogP contribution in [0.25, 0.3) is 22.1 Å². The van der Waals surface area contributed by atoms with Crippen LogP contribution >= 0.6 is 0 Å². The second-order valence-electron chi connectivity index (χ2n) is 10.2. The van der Waals surface area contributed by atoms with Gasteiger partial charge in [-0.3, -0.25) is 9.69 Å². The average Bonchev–Trinajstić information content (AvgIpc) is 3.27. The summed E-state index contributed by atoms with van der Waals surface area (Å²) in [5.74, 6) is 0.369. The Morgan fingerprint density at radius 1 is 0.912 bits per heavy atom. The monoisotopic (exact) mass is 452 g/mol. The second-order valence-corrected chi connectivity index (χ2v) is 10.2. The second kappa shape index (κ2) is 9.11. The minimum absolute atomic E-state index is 0.110. The zero-order valence-electron chi connectivity index (χ0n) is 20.2. The van der Waals surface area contributed by atoms with Gasteiger partial charge in [-0.15, -0.1) is 0 Å². The predicted molar refractivity (Wildman–Crippen MR) is 139 cm³/mol. The van der Waals surface area contributed by atoms with Gasteiger partial charge < -0.3 is 9.73 Å². The third-order valence-electron chi connectivity index (χ3n) is 6.98. The van der Waals surface area contributed by atoms with E-state index in [9.17, 15) is 4.79 Å². The van der Waals surface area contributed by atoms with Crippen LogP contribution in [0.2, 0.25) is 0 Å². The highest BCUT2D eigenvalue weighted by Crippen LogP contribution is 2.37. The number of anilines is 1. The van der Waals surface area contributed by atoms with Crippen LogP contribution in [0, 0.1) is 0 Å². The standard InChI is InChI=1S/C30H32N2O2/c1-30(2,3)32-16-14-22(15-17-32)27-20-34-28-13-12-25(19-26(27)28)31-29(33)24-11-7-10-23(18-24)21-8-5-4-6-9-21/h4-13,18-20,22H,14-17H2,1-3H3,(H,31,33). The maximum absolute atomic E-state index is 13.0. The van der Waals surface area contributed by atoms with E-state index in [0.717, 1.165) is 53.7 Å². The zero-order valence-corrected chi connectivity index (χ0v) is 20.2. The van der Waals surface area contributed by atoms with Crippen LogP contribution in [-0.2, 0) is 0 Å². The highest BCUT2D eigenvalue weighted by molar-refractivity contribution is 6.05. The van der Waals surface area contributed by atoms with E-state index in [1.165, 1.54) is 5.56 Å². The molecule has 1 N–H and O–H groups in total. The summed E-state index contributed by atoms with van der Waals surface area (Å²) >= 11 is 0. The van der Waals surface area contributed by atoms with Gasteiger partial charge in [-0.1, -0.05) is 42.5 Å². The fourth-order valence-electron chi connectivity index (χ4n) is 4.98. The van der Waals surface area contributed by atoms with E-state index in [2.05, 4.69) is 49.2 Å². The lowest BCUT2D eigenvalue weighted by molar-refractivity contribution is 0.102. The number of hydrogen-bond acceptors (Lipinski definition) is 3. The fourth-order valence-corrected chi connectivity index (χ4v) is 4.98. The summed E-state index contributed by atoms with van der Waals surface area (Å²) in [6.07, 6.45) is 4.15. The topological polar surface area (TPSA) is 45.5 Å². The zero-order chi connectivity index (χ0) is 23.7. The molecule has 34 heavy (non-hydrogen) atoms. The van der Waals surface area contributed by atoms with Crippen molar-refractivity contribution in [2.24, 2.45) is 0 Å². The van der Waals surface area contributed by atoms with Crippen molar-refractivity contribution in [3.63, 3.8) is 0 Å². The molecule has 1 aliphatic rings. The van der Waals surface area contributed by atoms with E-state index in [0.29, 0.717) is 11.5 Å². The third kappa shape index (κ3) is 4.64. The van der Waals surface area contributed by atoms with Gasteiger partial charge in [0, 0.05) is 27.7 Å². The molecule has 0 aliphatic carbocycles. The van der Waals surface area contributed by atoms with Crippen molar-refractivity contribution in [3.05, 3.63) is 90.2 Å². The summed E-state index contributed by atoms with van der Waals surface area (Å²) < 4.78 is 5.88. The Morgan fingerprint density at radius 3 is 2.38 bits per heavy atom. The van der Waals surface area contributed by atoms with Crippen LogP contribution in [-0.4, -0.2) is 29.4 Å². The molecule has 174 valence electrons. The molecule has 4 aromatic rings. The molecule has 0 bridgehead atoms. The molecule has 0 radical (unpaired) electrons. The maximum Gasteiger partial charge on any atom is 0.255 e. The van der Waals surface area contributed by atoms with E-state index >= 15 is 0 Å². The van der Waals surface area contributed by atoms with E-state index in [-0.39, 0.29) is 11.4 Å². The minimum Gasteiger partial charge on any atom is -0.464 e. The van der Waals surface area contributed by atoms with Gasteiger partial charge in [0.1, 0.15) is 5.58 Å². The summed E-state index contributed by atoms with van der Waals surface area (Å²) in [7, 11) is 0. The smallest absolute Gasteiger partial charge is 0.255 e. The Balaban J connectivity index is 1.34. The number of amides is 1. The number of furan rings is 1. The molecule has 0 saturated carbocycles. The maximum atomic E-state index is 13.0. The predicted octanol–water partition coefficient (Wildman–Crippen LogP) is 7.33. The lowest BCUT2D eigenvalue weighted by atomic mass is 9.87. The summed E-state index contributed by atoms with van der Waals surface area (Å²) in [4.78, 5) is 15.6. The quantitative estimate of drug-likeness (QED) is 0.352. The number of carbonyl (C=O) groups is 1. The summed E-state index contributed by atoms with van der Waals surface area (Å²) in [6.45, 7) is 9.03. The van der Waals surface area contributed by atoms with Gasteiger partial charge in [-0.05, 0) is 94.1 Å². The molecule has 0 unspecified atom stereocenters. The van der Waals surface area contributed by atoms with Gasteiger partial charge in [0.05, 0.1) is 6.26 Å². The number of benzene rings is 3. The summed E-state index contributed by atoms with van der Waals surface area (Å²) in [5, 5.41) is 4.19. The van der Waals surface area contributed by atoms with Crippen LogP contribution < -0.4 is 5.32 Å². The minimum atomic E-state index is -0.110. The molecule has 4 nitrogen and oxygen atoms in total. The summed E-state index contributed by atoms with van der Waals surface area (Å²) in [6, 6.07) is 23.8. The molecular formula is C30H32N2O2. The molecule has 1 aromatic heterocycles. The number of rotatable bonds is 4. The van der Waals surface area contributed by atoms with E-state index in [4.69, 9.17) is 4.42 Å². The SMILES string of the molecule is CC(C)(C)N1CCC(c2coc3ccc(NC(=O)c4cccc(-c5ccccc5)c4)cc23)CC1. The first-order chi connectivity index (χ1) is 16.4. The number of nitrogens with one attached hydrogen (secondary N) is 1. The Bertz CT molecular complexity index is 1290. The van der Waals surface area contributed by atoms with Crippen LogP contribution in [0.4, 0.5) is 5.69 Å².